The van der Waals surface area contributed by atoms with Crippen molar-refractivity contribution in [3.63, 3.8) is 0 Å². The molecule has 0 fully saturated rings. The molecular weight excluding hydrogens is 312 g/mol. The summed E-state index contributed by atoms with van der Waals surface area (Å²) in [6.45, 7) is 0. The smallest absolute Gasteiger partial charge is 0.252 e. The third kappa shape index (κ3) is 2.58. The summed E-state index contributed by atoms with van der Waals surface area (Å²) in [5.74, 6) is -1.29. The summed E-state index contributed by atoms with van der Waals surface area (Å²) in [4.78, 5) is 27.8. The topological polar surface area (TPSA) is 122 Å². The van der Waals surface area contributed by atoms with Gasteiger partial charge in [0.05, 0.1) is 11.4 Å². The van der Waals surface area contributed by atoms with Crippen molar-refractivity contribution in [2.75, 3.05) is 5.32 Å². The van der Waals surface area contributed by atoms with Crippen LogP contribution in [0.4, 0.5) is 17.1 Å². The van der Waals surface area contributed by atoms with Crippen molar-refractivity contribution < 1.29 is 15.3 Å². The SMILES string of the molecule is O=c1c(Nc2ccccc2O)c([O-])c(=Nc2ccccc2O)c1=O. The minimum atomic E-state index is -1.07. The van der Waals surface area contributed by atoms with Crippen molar-refractivity contribution in [2.24, 2.45) is 4.99 Å². The van der Waals surface area contributed by atoms with Gasteiger partial charge in [-0.1, -0.05) is 24.3 Å². The van der Waals surface area contributed by atoms with Gasteiger partial charge in [0.2, 0.25) is 0 Å². The van der Waals surface area contributed by atoms with Crippen molar-refractivity contribution in [1.29, 1.82) is 0 Å². The highest BCUT2D eigenvalue weighted by molar-refractivity contribution is 5.70. The molecule has 3 aromatic rings. The average molecular weight is 323 g/mol. The molecule has 24 heavy (non-hydrogen) atoms. The summed E-state index contributed by atoms with van der Waals surface area (Å²) in [5, 5.41) is 33.6. The Labute approximate surface area is 135 Å². The number of hydrogen-bond donors (Lipinski definition) is 3. The summed E-state index contributed by atoms with van der Waals surface area (Å²) in [6.07, 6.45) is 0. The predicted octanol–water partition coefficient (Wildman–Crippen LogP) is 0.743. The minimum Gasteiger partial charge on any atom is -0.869 e. The zero-order chi connectivity index (χ0) is 17.3. The maximum atomic E-state index is 12.3. The van der Waals surface area contributed by atoms with Crippen LogP contribution >= 0.6 is 0 Å². The molecule has 3 rings (SSSR count). The zero-order valence-electron chi connectivity index (χ0n) is 12.2. The van der Waals surface area contributed by atoms with Crippen LogP contribution in [-0.4, -0.2) is 10.2 Å². The number of para-hydroxylation sites is 4. The lowest BCUT2D eigenvalue weighted by Gasteiger charge is -2.10. The van der Waals surface area contributed by atoms with Gasteiger partial charge in [0.15, 0.2) is 0 Å². The number of nitrogens with one attached hydrogen (secondary N) is 1. The molecule has 0 saturated carbocycles. The molecule has 7 nitrogen and oxygen atoms in total. The Bertz CT molecular complexity index is 1070. The van der Waals surface area contributed by atoms with Gasteiger partial charge >= 0.3 is 0 Å². The van der Waals surface area contributed by atoms with Gasteiger partial charge in [-0.15, -0.1) is 0 Å². The van der Waals surface area contributed by atoms with E-state index in [1.807, 2.05) is 0 Å². The fourth-order valence-corrected chi connectivity index (χ4v) is 2.15. The monoisotopic (exact) mass is 323 g/mol. The molecule has 0 bridgehead atoms. The second-order valence-electron chi connectivity index (χ2n) is 4.95. The number of phenolic OH excluding ortho intramolecular Hbond substituents is 2. The van der Waals surface area contributed by atoms with Crippen LogP contribution in [0.15, 0.2) is 63.1 Å². The molecular formula is C17H11N2O5-. The quantitative estimate of drug-likeness (QED) is 0.483. The van der Waals surface area contributed by atoms with Gasteiger partial charge in [-0.25, -0.2) is 4.99 Å². The lowest BCUT2D eigenvalue weighted by atomic mass is 10.3. The Morgan fingerprint density at radius 3 is 2.17 bits per heavy atom. The van der Waals surface area contributed by atoms with E-state index in [4.69, 9.17) is 0 Å². The Morgan fingerprint density at radius 2 is 1.50 bits per heavy atom. The van der Waals surface area contributed by atoms with Crippen LogP contribution in [0.3, 0.4) is 0 Å². The number of aromatic hydroxyl groups is 2. The predicted molar refractivity (Wildman–Crippen MR) is 85.5 cm³/mol. The van der Waals surface area contributed by atoms with Gasteiger partial charge in [0.25, 0.3) is 10.9 Å². The zero-order valence-corrected chi connectivity index (χ0v) is 12.2. The molecule has 0 aromatic heterocycles. The van der Waals surface area contributed by atoms with Crippen molar-refractivity contribution in [2.45, 2.75) is 0 Å². The van der Waals surface area contributed by atoms with E-state index in [-0.39, 0.29) is 22.9 Å². The first kappa shape index (κ1) is 15.3. The highest BCUT2D eigenvalue weighted by atomic mass is 16.3. The number of anilines is 2. The molecule has 0 spiro atoms. The summed E-state index contributed by atoms with van der Waals surface area (Å²) in [6, 6.07) is 11.8. The van der Waals surface area contributed by atoms with E-state index in [2.05, 4.69) is 10.3 Å². The van der Waals surface area contributed by atoms with E-state index in [0.29, 0.717) is 0 Å². The van der Waals surface area contributed by atoms with Crippen LogP contribution in [0.25, 0.3) is 0 Å². The van der Waals surface area contributed by atoms with Crippen LogP contribution in [0.2, 0.25) is 0 Å². The molecule has 3 N–H and O–H groups in total. The number of hydrogen-bond acceptors (Lipinski definition) is 7. The fourth-order valence-electron chi connectivity index (χ4n) is 2.15. The molecule has 0 atom stereocenters. The second kappa shape index (κ2) is 5.88. The first-order valence-electron chi connectivity index (χ1n) is 6.91. The second-order valence-corrected chi connectivity index (χ2v) is 4.95. The Morgan fingerprint density at radius 1 is 0.875 bits per heavy atom. The summed E-state index contributed by atoms with van der Waals surface area (Å²) in [7, 11) is 0. The van der Waals surface area contributed by atoms with Gasteiger partial charge in [-0.3, -0.25) is 9.59 Å². The van der Waals surface area contributed by atoms with Gasteiger partial charge in [0, 0.05) is 0 Å². The Balaban J connectivity index is 2.16. The van der Waals surface area contributed by atoms with Crippen LogP contribution in [0, 0.1) is 0 Å². The molecule has 0 aliphatic heterocycles. The molecule has 0 heterocycles. The molecule has 0 saturated heterocycles. The normalized spacial score (nSPS) is 11.6. The standard InChI is InChI=1S/C17H12N2O5/c20-11-7-3-1-5-9(11)18-13-15(22)14(17(24)16(13)23)19-10-6-2-4-8-12(10)21/h1-8,18,20-22H/p-1. The summed E-state index contributed by atoms with van der Waals surface area (Å²) in [5.41, 5.74) is -2.48. The number of phenols is 2. The Hall–Kier alpha value is -3.61. The summed E-state index contributed by atoms with van der Waals surface area (Å²) < 4.78 is 0. The molecule has 3 aromatic carbocycles. The molecule has 120 valence electrons. The van der Waals surface area contributed by atoms with Gasteiger partial charge in [0.1, 0.15) is 22.5 Å². The van der Waals surface area contributed by atoms with Gasteiger partial charge in [-0.2, -0.15) is 0 Å². The van der Waals surface area contributed by atoms with E-state index in [0.717, 1.165) is 0 Å². The third-order valence-corrected chi connectivity index (χ3v) is 3.37. The van der Waals surface area contributed by atoms with Crippen LogP contribution in [0.5, 0.6) is 17.2 Å². The van der Waals surface area contributed by atoms with Crippen LogP contribution in [-0.2, 0) is 0 Å². The third-order valence-electron chi connectivity index (χ3n) is 3.37. The number of benzene rings is 2. The lowest BCUT2D eigenvalue weighted by Crippen LogP contribution is -2.31. The molecule has 0 unspecified atom stereocenters. The largest absolute Gasteiger partial charge is 0.869 e. The van der Waals surface area contributed by atoms with E-state index < -0.39 is 27.7 Å². The highest BCUT2D eigenvalue weighted by Crippen LogP contribution is 2.27. The van der Waals surface area contributed by atoms with Gasteiger partial charge < -0.3 is 20.6 Å². The summed E-state index contributed by atoms with van der Waals surface area (Å²) >= 11 is 0. The highest BCUT2D eigenvalue weighted by Gasteiger charge is 2.13. The Kier molecular flexibility index (Phi) is 3.75. The van der Waals surface area contributed by atoms with Gasteiger partial charge in [-0.05, 0) is 30.0 Å². The lowest BCUT2D eigenvalue weighted by molar-refractivity contribution is -0.268. The van der Waals surface area contributed by atoms with E-state index in [9.17, 15) is 24.9 Å². The van der Waals surface area contributed by atoms with Crippen molar-refractivity contribution in [1.82, 2.24) is 0 Å². The van der Waals surface area contributed by atoms with Crippen LogP contribution in [0.1, 0.15) is 0 Å². The first-order chi connectivity index (χ1) is 11.5. The number of rotatable bonds is 3. The fraction of sp³-hybridized carbons (Fsp3) is 0. The van der Waals surface area contributed by atoms with Crippen molar-refractivity contribution in [3.05, 3.63) is 74.3 Å². The maximum Gasteiger partial charge on any atom is 0.252 e. The molecule has 0 aliphatic rings. The molecule has 7 heteroatoms. The molecule has 0 aliphatic carbocycles. The molecule has 0 radical (unpaired) electrons. The first-order valence-corrected chi connectivity index (χ1v) is 6.91. The number of nitrogens with zero attached hydrogens (tertiary/aromatic N) is 1. The maximum absolute atomic E-state index is 12.3. The van der Waals surface area contributed by atoms with E-state index >= 15 is 0 Å². The van der Waals surface area contributed by atoms with E-state index in [1.165, 1.54) is 24.3 Å². The average Bonchev–Trinajstić information content (AvgIpc) is 2.76. The van der Waals surface area contributed by atoms with E-state index in [1.54, 1.807) is 24.3 Å². The van der Waals surface area contributed by atoms with Crippen molar-refractivity contribution >= 4 is 17.1 Å². The van der Waals surface area contributed by atoms with Crippen molar-refractivity contribution in [3.8, 4) is 17.2 Å². The minimum absolute atomic E-state index is 0.00538. The van der Waals surface area contributed by atoms with Crippen LogP contribution < -0.4 is 26.6 Å². The molecule has 0 amide bonds.